The van der Waals surface area contributed by atoms with Crippen LogP contribution in [0.4, 0.5) is 0 Å². The second kappa shape index (κ2) is 6.93. The van der Waals surface area contributed by atoms with Gasteiger partial charge in [-0.15, -0.1) is 0 Å². The molecule has 2 heterocycles. The fourth-order valence-electron chi connectivity index (χ4n) is 2.89. The lowest BCUT2D eigenvalue weighted by Gasteiger charge is -2.33. The quantitative estimate of drug-likeness (QED) is 0.498. The molecule has 0 aliphatic carbocycles. The highest BCUT2D eigenvalue weighted by Gasteiger charge is 2.61. The molecule has 2 aliphatic rings. The van der Waals surface area contributed by atoms with Crippen LogP contribution in [0.15, 0.2) is 36.4 Å². The Morgan fingerprint density at radius 2 is 1.96 bits per heavy atom. The van der Waals surface area contributed by atoms with E-state index in [2.05, 4.69) is 0 Å². The number of hydrogen-bond acceptors (Lipinski definition) is 7. The first-order valence-corrected chi connectivity index (χ1v) is 7.76. The van der Waals surface area contributed by atoms with Crippen molar-refractivity contribution in [2.45, 2.75) is 36.6 Å². The van der Waals surface area contributed by atoms with E-state index in [9.17, 15) is 24.9 Å². The Balaban J connectivity index is 1.60. The molecule has 2 saturated heterocycles. The molecule has 8 nitrogen and oxygen atoms in total. The van der Waals surface area contributed by atoms with Gasteiger partial charge in [0.2, 0.25) is 0 Å². The van der Waals surface area contributed by atoms with Crippen molar-refractivity contribution in [3.8, 4) is 0 Å². The number of carboxylic acids is 1. The van der Waals surface area contributed by atoms with Crippen molar-refractivity contribution in [2.75, 3.05) is 6.61 Å². The summed E-state index contributed by atoms with van der Waals surface area (Å²) in [4.78, 5) is 23.2. The van der Waals surface area contributed by atoms with Gasteiger partial charge >= 0.3 is 11.9 Å². The SMILES string of the molecule is O=C(/C=C\c1ccccc1)OC[C@@H]1O[C@]2(C(=O)O)C[C@H](O)[C@H](O)[C@@H]1O2. The molecule has 8 heteroatoms. The number of ether oxygens (including phenoxy) is 3. The number of benzene rings is 1. The maximum absolute atomic E-state index is 11.8. The summed E-state index contributed by atoms with van der Waals surface area (Å²) in [5.41, 5.74) is 0.819. The van der Waals surface area contributed by atoms with E-state index in [0.29, 0.717) is 0 Å². The van der Waals surface area contributed by atoms with Crippen LogP contribution in [0, 0.1) is 0 Å². The highest BCUT2D eigenvalue weighted by atomic mass is 16.8. The largest absolute Gasteiger partial charge is 0.477 e. The van der Waals surface area contributed by atoms with Crippen molar-refractivity contribution in [3.63, 3.8) is 0 Å². The lowest BCUT2D eigenvalue weighted by Crippen LogP contribution is -2.53. The Bertz CT molecular complexity index is 672. The van der Waals surface area contributed by atoms with E-state index in [0.717, 1.165) is 5.56 Å². The molecule has 134 valence electrons. The average Bonchev–Trinajstić information content (AvgIpc) is 2.93. The number of carbonyl (C=O) groups is 2. The maximum atomic E-state index is 11.8. The molecular weight excluding hydrogens is 332 g/mol. The van der Waals surface area contributed by atoms with Gasteiger partial charge in [-0.05, 0) is 11.6 Å². The second-order valence-corrected chi connectivity index (χ2v) is 5.93. The van der Waals surface area contributed by atoms with Crippen LogP contribution in [0.3, 0.4) is 0 Å². The number of carboxylic acid groups (broad SMARTS) is 1. The number of fused-ring (bicyclic) bond motifs is 2. The van der Waals surface area contributed by atoms with E-state index in [1.807, 2.05) is 30.3 Å². The van der Waals surface area contributed by atoms with Crippen molar-refractivity contribution in [1.82, 2.24) is 0 Å². The van der Waals surface area contributed by atoms with E-state index in [4.69, 9.17) is 14.2 Å². The van der Waals surface area contributed by atoms with Gasteiger partial charge in [-0.3, -0.25) is 0 Å². The van der Waals surface area contributed by atoms with Crippen LogP contribution in [0.1, 0.15) is 12.0 Å². The Morgan fingerprint density at radius 1 is 1.24 bits per heavy atom. The van der Waals surface area contributed by atoms with Gasteiger partial charge < -0.3 is 29.5 Å². The van der Waals surface area contributed by atoms with Crippen molar-refractivity contribution in [1.29, 1.82) is 0 Å². The van der Waals surface area contributed by atoms with E-state index < -0.39 is 48.6 Å². The molecule has 2 aliphatic heterocycles. The van der Waals surface area contributed by atoms with Crippen LogP contribution < -0.4 is 0 Å². The van der Waals surface area contributed by atoms with E-state index >= 15 is 0 Å². The molecule has 0 aromatic heterocycles. The first-order valence-electron chi connectivity index (χ1n) is 7.76. The molecule has 3 rings (SSSR count). The third-order valence-electron chi connectivity index (χ3n) is 4.17. The Kier molecular flexibility index (Phi) is 4.87. The zero-order valence-corrected chi connectivity index (χ0v) is 13.1. The second-order valence-electron chi connectivity index (χ2n) is 5.93. The Labute approximate surface area is 143 Å². The molecule has 0 radical (unpaired) electrons. The number of esters is 1. The number of hydrogen-bond donors (Lipinski definition) is 3. The molecule has 25 heavy (non-hydrogen) atoms. The summed E-state index contributed by atoms with van der Waals surface area (Å²) in [5, 5.41) is 29.0. The normalized spacial score (nSPS) is 34.2. The number of carbonyl (C=O) groups excluding carboxylic acids is 1. The van der Waals surface area contributed by atoms with Gasteiger partial charge in [-0.2, -0.15) is 0 Å². The first kappa shape index (κ1) is 17.6. The molecule has 2 bridgehead atoms. The molecule has 1 aromatic carbocycles. The highest BCUT2D eigenvalue weighted by molar-refractivity contribution is 5.87. The van der Waals surface area contributed by atoms with Crippen molar-refractivity contribution in [2.24, 2.45) is 0 Å². The van der Waals surface area contributed by atoms with E-state index in [1.54, 1.807) is 6.08 Å². The van der Waals surface area contributed by atoms with Crippen molar-refractivity contribution >= 4 is 18.0 Å². The smallest absolute Gasteiger partial charge is 0.364 e. The van der Waals surface area contributed by atoms with Gasteiger partial charge in [0.1, 0.15) is 24.9 Å². The molecule has 0 spiro atoms. The zero-order valence-electron chi connectivity index (χ0n) is 13.1. The van der Waals surface area contributed by atoms with E-state index in [-0.39, 0.29) is 6.61 Å². The number of aliphatic hydroxyl groups is 2. The molecule has 2 fully saturated rings. The molecule has 0 unspecified atom stereocenters. The van der Waals surface area contributed by atoms with Gasteiger partial charge in [0, 0.05) is 12.5 Å². The van der Waals surface area contributed by atoms with Crippen LogP contribution in [-0.2, 0) is 23.8 Å². The number of rotatable bonds is 5. The van der Waals surface area contributed by atoms with Gasteiger partial charge in [-0.1, -0.05) is 30.3 Å². The number of aliphatic hydroxyl groups excluding tert-OH is 2. The average molecular weight is 350 g/mol. The Hall–Kier alpha value is -2.26. The highest BCUT2D eigenvalue weighted by Crippen LogP contribution is 2.40. The van der Waals surface area contributed by atoms with Gasteiger partial charge in [-0.25, -0.2) is 9.59 Å². The van der Waals surface area contributed by atoms with Crippen LogP contribution in [0.25, 0.3) is 6.08 Å². The van der Waals surface area contributed by atoms with Crippen LogP contribution in [-0.4, -0.2) is 64.1 Å². The lowest BCUT2D eigenvalue weighted by molar-refractivity contribution is -0.244. The third-order valence-corrected chi connectivity index (χ3v) is 4.17. The lowest BCUT2D eigenvalue weighted by atomic mass is 9.96. The summed E-state index contributed by atoms with van der Waals surface area (Å²) in [6.07, 6.45) is -2.30. The molecular formula is C17H18O8. The van der Waals surface area contributed by atoms with Crippen LogP contribution >= 0.6 is 0 Å². The topological polar surface area (TPSA) is 123 Å². The monoisotopic (exact) mass is 350 g/mol. The van der Waals surface area contributed by atoms with Gasteiger partial charge in [0.15, 0.2) is 0 Å². The Morgan fingerprint density at radius 3 is 2.64 bits per heavy atom. The summed E-state index contributed by atoms with van der Waals surface area (Å²) in [6, 6.07) is 9.13. The fraction of sp³-hybridized carbons (Fsp3) is 0.412. The summed E-state index contributed by atoms with van der Waals surface area (Å²) in [5.74, 6) is -4.07. The first-order chi connectivity index (χ1) is 11.9. The van der Waals surface area contributed by atoms with Crippen LogP contribution in [0.5, 0.6) is 0 Å². The van der Waals surface area contributed by atoms with Gasteiger partial charge in [0.05, 0.1) is 6.10 Å². The summed E-state index contributed by atoms with van der Waals surface area (Å²) in [6.45, 7) is -0.304. The zero-order chi connectivity index (χ0) is 18.0. The van der Waals surface area contributed by atoms with Crippen molar-refractivity contribution in [3.05, 3.63) is 42.0 Å². The minimum atomic E-state index is -2.03. The number of aliphatic carboxylic acids is 1. The maximum Gasteiger partial charge on any atom is 0.364 e. The minimum absolute atomic E-state index is 0.304. The van der Waals surface area contributed by atoms with E-state index in [1.165, 1.54) is 6.08 Å². The standard InChI is InChI=1S/C17H18O8/c18-11-8-17(16(21)22)24-12(15(25-17)14(11)20)9-23-13(19)7-6-10-4-2-1-3-5-10/h1-7,11-12,14-15,18,20H,8-9H2,(H,21,22)/b7-6-/t11-,12-,14-,15+,17+/m0/s1. The minimum Gasteiger partial charge on any atom is -0.477 e. The third kappa shape index (κ3) is 3.57. The molecule has 0 saturated carbocycles. The molecule has 1 aromatic rings. The molecule has 5 atom stereocenters. The summed E-state index contributed by atoms with van der Waals surface area (Å²) in [7, 11) is 0. The van der Waals surface area contributed by atoms with Crippen molar-refractivity contribution < 1.29 is 39.1 Å². The molecule has 0 amide bonds. The fourth-order valence-corrected chi connectivity index (χ4v) is 2.89. The predicted octanol–water partition coefficient (Wildman–Crippen LogP) is -0.0666. The summed E-state index contributed by atoms with van der Waals surface area (Å²) < 4.78 is 15.7. The van der Waals surface area contributed by atoms with Gasteiger partial charge in [0.25, 0.3) is 5.79 Å². The molecule has 3 N–H and O–H groups in total. The summed E-state index contributed by atoms with van der Waals surface area (Å²) >= 11 is 0. The predicted molar refractivity (Wildman–Crippen MR) is 83.2 cm³/mol. The van der Waals surface area contributed by atoms with Crippen LogP contribution in [0.2, 0.25) is 0 Å².